The summed E-state index contributed by atoms with van der Waals surface area (Å²) in [6.45, 7) is 10.9. The third kappa shape index (κ3) is 6.95. The van der Waals surface area contributed by atoms with E-state index in [4.69, 9.17) is 9.47 Å². The standard InChI is InChI=1S/C32H45N3O5/c1-5-7-8-9-13-22(3)33-29(24-14-10-11-15-24)30(36)35-20-26(18-28(35)31(37)39-4)40-32(38)34-19-25-17-12-16-23(6-2)27(25)21-34/h5-6,12,16-17,22,24,26,28-29,33H,1-2,7-11,13-15,18-21H2,3-4H3/t22?,26-,28+,29+/m1/s1. The van der Waals surface area contributed by atoms with Gasteiger partial charge in [0.05, 0.1) is 26.2 Å². The summed E-state index contributed by atoms with van der Waals surface area (Å²) >= 11 is 0. The number of esters is 1. The zero-order valence-electron chi connectivity index (χ0n) is 24.1. The first kappa shape index (κ1) is 29.8. The summed E-state index contributed by atoms with van der Waals surface area (Å²) in [5.41, 5.74) is 3.17. The van der Waals surface area contributed by atoms with Crippen LogP contribution in [0.1, 0.15) is 81.4 Å². The molecular weight excluding hydrogens is 506 g/mol. The summed E-state index contributed by atoms with van der Waals surface area (Å²) < 4.78 is 11.0. The molecule has 0 aromatic heterocycles. The Bertz CT molecular complexity index is 1080. The number of methoxy groups -OCH3 is 1. The van der Waals surface area contributed by atoms with Crippen LogP contribution in [0.4, 0.5) is 4.79 Å². The second-order valence-corrected chi connectivity index (χ2v) is 11.5. The molecule has 8 heteroatoms. The zero-order chi connectivity index (χ0) is 28.6. The van der Waals surface area contributed by atoms with Crippen molar-refractivity contribution in [1.29, 1.82) is 0 Å². The lowest BCUT2D eigenvalue weighted by atomic mass is 9.95. The van der Waals surface area contributed by atoms with Gasteiger partial charge in [-0.25, -0.2) is 9.59 Å². The Hall–Kier alpha value is -3.13. The van der Waals surface area contributed by atoms with E-state index in [1.165, 1.54) is 7.11 Å². The number of hydrogen-bond donors (Lipinski definition) is 1. The monoisotopic (exact) mass is 551 g/mol. The quantitative estimate of drug-likeness (QED) is 0.218. The van der Waals surface area contributed by atoms with Crippen molar-refractivity contribution in [2.45, 2.75) is 102 Å². The average molecular weight is 552 g/mol. The first-order valence-electron chi connectivity index (χ1n) is 14.8. The largest absolute Gasteiger partial charge is 0.467 e. The Labute approximate surface area is 238 Å². The van der Waals surface area contributed by atoms with E-state index in [1.54, 1.807) is 15.9 Å². The third-order valence-electron chi connectivity index (χ3n) is 8.68. The molecule has 40 heavy (non-hydrogen) atoms. The van der Waals surface area contributed by atoms with E-state index in [0.29, 0.717) is 13.1 Å². The number of nitrogens with one attached hydrogen (secondary N) is 1. The van der Waals surface area contributed by atoms with Crippen molar-refractivity contribution in [1.82, 2.24) is 15.1 Å². The smallest absolute Gasteiger partial charge is 0.410 e. The summed E-state index contributed by atoms with van der Waals surface area (Å²) in [4.78, 5) is 43.3. The van der Waals surface area contributed by atoms with E-state index in [2.05, 4.69) is 25.4 Å². The highest BCUT2D eigenvalue weighted by atomic mass is 16.6. The van der Waals surface area contributed by atoms with Crippen LogP contribution in [0.25, 0.3) is 6.08 Å². The number of allylic oxidation sites excluding steroid dienone is 1. The van der Waals surface area contributed by atoms with Crippen LogP contribution in [0.3, 0.4) is 0 Å². The minimum absolute atomic E-state index is 0.0945. The van der Waals surface area contributed by atoms with Crippen LogP contribution in [-0.2, 0) is 32.2 Å². The number of likely N-dealkylation sites (tertiary alicyclic amines) is 1. The first-order valence-corrected chi connectivity index (χ1v) is 14.8. The molecule has 8 nitrogen and oxygen atoms in total. The van der Waals surface area contributed by atoms with Crippen molar-refractivity contribution in [3.05, 3.63) is 54.1 Å². The van der Waals surface area contributed by atoms with Gasteiger partial charge in [-0.3, -0.25) is 9.69 Å². The fraction of sp³-hybridized carbons (Fsp3) is 0.594. The topological polar surface area (TPSA) is 88.2 Å². The number of rotatable bonds is 12. The van der Waals surface area contributed by atoms with Crippen LogP contribution >= 0.6 is 0 Å². The number of nitrogens with zero attached hydrogens (tertiary/aromatic N) is 2. The van der Waals surface area contributed by atoms with Gasteiger partial charge in [-0.05, 0) is 61.6 Å². The van der Waals surface area contributed by atoms with Crippen molar-refractivity contribution in [3.63, 3.8) is 0 Å². The minimum atomic E-state index is -0.771. The van der Waals surface area contributed by atoms with E-state index >= 15 is 0 Å². The number of ether oxygens (including phenoxy) is 2. The first-order chi connectivity index (χ1) is 19.4. The Morgan fingerprint density at radius 3 is 2.62 bits per heavy atom. The molecule has 1 saturated carbocycles. The Kier molecular flexibility index (Phi) is 10.4. The molecule has 218 valence electrons. The zero-order valence-corrected chi connectivity index (χ0v) is 24.1. The molecule has 4 rings (SSSR count). The van der Waals surface area contributed by atoms with Gasteiger partial charge in [0, 0.05) is 19.0 Å². The third-order valence-corrected chi connectivity index (χ3v) is 8.68. The van der Waals surface area contributed by atoms with Crippen molar-refractivity contribution < 1.29 is 23.9 Å². The molecule has 0 bridgehead atoms. The van der Waals surface area contributed by atoms with Gasteiger partial charge in [0.1, 0.15) is 12.1 Å². The molecule has 2 aliphatic heterocycles. The maximum atomic E-state index is 14.1. The van der Waals surface area contributed by atoms with Crippen LogP contribution in [0.2, 0.25) is 0 Å². The summed E-state index contributed by atoms with van der Waals surface area (Å²) in [7, 11) is 1.33. The molecule has 0 radical (unpaired) electrons. The molecule has 1 aliphatic carbocycles. The fourth-order valence-electron chi connectivity index (χ4n) is 6.48. The molecular formula is C32H45N3O5. The molecule has 2 fully saturated rings. The number of benzene rings is 1. The number of carbonyl (C=O) groups is 3. The molecule has 1 aromatic rings. The van der Waals surface area contributed by atoms with E-state index in [-0.39, 0.29) is 36.9 Å². The molecule has 4 atom stereocenters. The molecule has 3 aliphatic rings. The summed E-state index contributed by atoms with van der Waals surface area (Å²) in [5, 5.41) is 3.62. The number of amides is 2. The fourth-order valence-corrected chi connectivity index (χ4v) is 6.48. The van der Waals surface area contributed by atoms with Gasteiger partial charge in [-0.15, -0.1) is 6.58 Å². The van der Waals surface area contributed by atoms with Gasteiger partial charge >= 0.3 is 12.1 Å². The minimum Gasteiger partial charge on any atom is -0.467 e. The molecule has 2 heterocycles. The number of fused-ring (bicyclic) bond motifs is 1. The highest BCUT2D eigenvalue weighted by molar-refractivity contribution is 5.88. The van der Waals surface area contributed by atoms with Gasteiger partial charge in [0.15, 0.2) is 0 Å². The Morgan fingerprint density at radius 2 is 1.93 bits per heavy atom. The predicted octanol–water partition coefficient (Wildman–Crippen LogP) is 5.21. The van der Waals surface area contributed by atoms with Crippen molar-refractivity contribution in [2.24, 2.45) is 5.92 Å². The lowest BCUT2D eigenvalue weighted by Crippen LogP contribution is -2.55. The summed E-state index contributed by atoms with van der Waals surface area (Å²) in [6, 6.07) is 4.98. The lowest BCUT2D eigenvalue weighted by molar-refractivity contribution is -0.152. The van der Waals surface area contributed by atoms with Gasteiger partial charge in [0.2, 0.25) is 5.91 Å². The Balaban J connectivity index is 1.43. The molecule has 1 aromatic carbocycles. The SMILES string of the molecule is C=CCCCCC(C)N[C@H](C(=O)N1C[C@H](OC(=O)N2Cc3cccc(C=C)c3C2)C[C@H]1C(=O)OC)C1CCCC1. The Morgan fingerprint density at radius 1 is 1.15 bits per heavy atom. The van der Waals surface area contributed by atoms with E-state index < -0.39 is 24.2 Å². The molecule has 1 saturated heterocycles. The number of carbonyl (C=O) groups excluding carboxylic acids is 3. The van der Waals surface area contributed by atoms with Gasteiger partial charge in [-0.2, -0.15) is 0 Å². The van der Waals surface area contributed by atoms with E-state index in [0.717, 1.165) is 68.1 Å². The van der Waals surface area contributed by atoms with Crippen LogP contribution in [0.15, 0.2) is 37.4 Å². The summed E-state index contributed by atoms with van der Waals surface area (Å²) in [6.07, 6.45) is 11.3. The van der Waals surface area contributed by atoms with Crippen molar-refractivity contribution in [3.8, 4) is 0 Å². The summed E-state index contributed by atoms with van der Waals surface area (Å²) in [5.74, 6) is -0.341. The maximum absolute atomic E-state index is 14.1. The van der Waals surface area contributed by atoms with Gasteiger partial charge in [0.25, 0.3) is 0 Å². The van der Waals surface area contributed by atoms with Crippen LogP contribution in [0.5, 0.6) is 0 Å². The van der Waals surface area contributed by atoms with Crippen LogP contribution < -0.4 is 5.32 Å². The average Bonchev–Trinajstić information content (AvgIpc) is 3.73. The maximum Gasteiger partial charge on any atom is 0.410 e. The lowest BCUT2D eigenvalue weighted by Gasteiger charge is -2.33. The van der Waals surface area contributed by atoms with E-state index in [9.17, 15) is 14.4 Å². The highest BCUT2D eigenvalue weighted by Crippen LogP contribution is 2.32. The van der Waals surface area contributed by atoms with Gasteiger partial charge in [-0.1, -0.05) is 56.2 Å². The molecule has 1 N–H and O–H groups in total. The van der Waals surface area contributed by atoms with Crippen molar-refractivity contribution >= 4 is 24.0 Å². The van der Waals surface area contributed by atoms with Gasteiger partial charge < -0.3 is 19.7 Å². The van der Waals surface area contributed by atoms with Crippen LogP contribution in [0, 0.1) is 5.92 Å². The molecule has 1 unspecified atom stereocenters. The van der Waals surface area contributed by atoms with Crippen molar-refractivity contribution in [2.75, 3.05) is 13.7 Å². The van der Waals surface area contributed by atoms with Crippen LogP contribution in [-0.4, -0.2) is 65.7 Å². The second-order valence-electron chi connectivity index (χ2n) is 11.5. The normalized spacial score (nSPS) is 22.1. The number of hydrogen-bond acceptors (Lipinski definition) is 6. The predicted molar refractivity (Wildman–Crippen MR) is 155 cm³/mol. The molecule has 0 spiro atoms. The second kappa shape index (κ2) is 14.0. The van der Waals surface area contributed by atoms with E-state index in [1.807, 2.05) is 24.3 Å². The number of unbranched alkanes of at least 4 members (excludes halogenated alkanes) is 2. The highest BCUT2D eigenvalue weighted by Gasteiger charge is 2.46. The molecule has 2 amide bonds.